The van der Waals surface area contributed by atoms with Crippen molar-refractivity contribution in [1.82, 2.24) is 9.88 Å². The van der Waals surface area contributed by atoms with Gasteiger partial charge in [0.2, 0.25) is 0 Å². The summed E-state index contributed by atoms with van der Waals surface area (Å²) in [5, 5.41) is 0. The Hall–Kier alpha value is -3.73. The Morgan fingerprint density at radius 3 is 2.06 bits per heavy atom. The molecule has 2 amide bonds. The molecule has 0 fully saturated rings. The highest BCUT2D eigenvalue weighted by Crippen LogP contribution is 2.36. The molecule has 3 aromatic rings. The van der Waals surface area contributed by atoms with E-state index in [0.29, 0.717) is 30.0 Å². The zero-order chi connectivity index (χ0) is 24.4. The van der Waals surface area contributed by atoms with Gasteiger partial charge >= 0.3 is 0 Å². The third-order valence-corrected chi connectivity index (χ3v) is 6.72. The van der Waals surface area contributed by atoms with Gasteiger partial charge < -0.3 is 4.90 Å². The third-order valence-electron chi connectivity index (χ3n) is 6.72. The van der Waals surface area contributed by atoms with Crippen LogP contribution in [0, 0.1) is 27.7 Å². The number of aromatic nitrogens is 1. The highest BCUT2D eigenvalue weighted by atomic mass is 16.2. The average molecular weight is 454 g/mol. The molecule has 0 aliphatic carbocycles. The van der Waals surface area contributed by atoms with E-state index in [-0.39, 0.29) is 11.8 Å². The molecular weight excluding hydrogens is 422 g/mol. The fourth-order valence-corrected chi connectivity index (χ4v) is 4.31. The van der Waals surface area contributed by atoms with Crippen LogP contribution < -0.4 is 4.90 Å². The van der Waals surface area contributed by atoms with E-state index in [1.54, 1.807) is 12.4 Å². The molecule has 0 N–H and O–H groups in total. The SMILES string of the molecule is CCN(CCc1ccncc1)C1=C(c2ccc(C)c(C)c2)C(=O)N(c2ccc(C)c(C)c2)C1=O. The Labute approximate surface area is 201 Å². The second-order valence-corrected chi connectivity index (χ2v) is 8.92. The summed E-state index contributed by atoms with van der Waals surface area (Å²) in [6.45, 7) is 11.4. The number of rotatable bonds is 7. The lowest BCUT2D eigenvalue weighted by atomic mass is 9.99. The van der Waals surface area contributed by atoms with Crippen LogP contribution in [0.15, 0.2) is 66.6 Å². The number of carbonyl (C=O) groups excluding carboxylic acids is 2. The van der Waals surface area contributed by atoms with Gasteiger partial charge in [-0.15, -0.1) is 0 Å². The standard InChI is InChI=1S/C29H31N3O2/c1-6-31(16-13-23-11-14-30-15-12-23)27-26(24-9-7-19(2)21(4)17-24)28(33)32(29(27)34)25-10-8-20(3)22(5)18-25/h7-12,14-15,17-18H,6,13,16H2,1-5H3. The van der Waals surface area contributed by atoms with Gasteiger partial charge in [-0.2, -0.15) is 0 Å². The number of amides is 2. The molecule has 0 spiro atoms. The molecule has 1 aliphatic rings. The van der Waals surface area contributed by atoms with Crippen LogP contribution in [0.5, 0.6) is 0 Å². The molecule has 0 bridgehead atoms. The van der Waals surface area contributed by atoms with Crippen LogP contribution in [0.25, 0.3) is 5.57 Å². The molecule has 0 saturated carbocycles. The number of benzene rings is 2. The second kappa shape index (κ2) is 9.64. The molecule has 5 heteroatoms. The predicted molar refractivity (Wildman–Crippen MR) is 136 cm³/mol. The summed E-state index contributed by atoms with van der Waals surface area (Å²) in [4.78, 5) is 35.1. The van der Waals surface area contributed by atoms with Crippen LogP contribution in [0.1, 0.15) is 40.3 Å². The Bertz CT molecular complexity index is 1280. The number of imide groups is 1. The van der Waals surface area contributed by atoms with Crippen LogP contribution in [0.4, 0.5) is 5.69 Å². The maximum Gasteiger partial charge on any atom is 0.282 e. The first-order valence-electron chi connectivity index (χ1n) is 11.7. The van der Waals surface area contributed by atoms with Crippen LogP contribution in [0.3, 0.4) is 0 Å². The maximum absolute atomic E-state index is 13.9. The van der Waals surface area contributed by atoms with Gasteiger partial charge in [0.1, 0.15) is 5.70 Å². The molecule has 1 aliphatic heterocycles. The van der Waals surface area contributed by atoms with E-state index in [9.17, 15) is 9.59 Å². The number of aryl methyl sites for hydroxylation is 4. The molecule has 5 nitrogen and oxygen atoms in total. The third kappa shape index (κ3) is 4.38. The largest absolute Gasteiger partial charge is 0.366 e. The Morgan fingerprint density at radius 2 is 1.44 bits per heavy atom. The van der Waals surface area contributed by atoms with Crippen molar-refractivity contribution in [1.29, 1.82) is 0 Å². The van der Waals surface area contributed by atoms with E-state index < -0.39 is 0 Å². The molecule has 0 unspecified atom stereocenters. The first kappa shape index (κ1) is 23.4. The van der Waals surface area contributed by atoms with Gasteiger partial charge in [0.25, 0.3) is 11.8 Å². The summed E-state index contributed by atoms with van der Waals surface area (Å²) in [6.07, 6.45) is 4.30. The van der Waals surface area contributed by atoms with Crippen molar-refractivity contribution in [3.8, 4) is 0 Å². The van der Waals surface area contributed by atoms with Gasteiger partial charge in [-0.05, 0) is 98.7 Å². The van der Waals surface area contributed by atoms with E-state index in [0.717, 1.165) is 39.8 Å². The maximum atomic E-state index is 13.9. The lowest BCUT2D eigenvalue weighted by Gasteiger charge is -2.25. The molecule has 0 radical (unpaired) electrons. The lowest BCUT2D eigenvalue weighted by Crippen LogP contribution is -2.36. The minimum atomic E-state index is -0.270. The van der Waals surface area contributed by atoms with Gasteiger partial charge in [0.15, 0.2) is 0 Å². The fourth-order valence-electron chi connectivity index (χ4n) is 4.31. The van der Waals surface area contributed by atoms with Gasteiger partial charge in [-0.25, -0.2) is 4.90 Å². The normalized spacial score (nSPS) is 13.7. The average Bonchev–Trinajstić information content (AvgIpc) is 3.09. The van der Waals surface area contributed by atoms with Crippen molar-refractivity contribution in [2.75, 3.05) is 18.0 Å². The number of likely N-dealkylation sites (N-methyl/N-ethyl adjacent to an activating group) is 1. The zero-order valence-corrected chi connectivity index (χ0v) is 20.6. The van der Waals surface area contributed by atoms with Crippen molar-refractivity contribution < 1.29 is 9.59 Å². The molecule has 4 rings (SSSR count). The van der Waals surface area contributed by atoms with Crippen LogP contribution >= 0.6 is 0 Å². The molecule has 0 atom stereocenters. The van der Waals surface area contributed by atoms with Gasteiger partial charge in [0.05, 0.1) is 11.3 Å². The van der Waals surface area contributed by atoms with Crippen LogP contribution in [-0.4, -0.2) is 34.8 Å². The smallest absolute Gasteiger partial charge is 0.282 e. The molecule has 2 heterocycles. The van der Waals surface area contributed by atoms with E-state index in [4.69, 9.17) is 0 Å². The van der Waals surface area contributed by atoms with Gasteiger partial charge in [0, 0.05) is 25.5 Å². The summed E-state index contributed by atoms with van der Waals surface area (Å²) >= 11 is 0. The van der Waals surface area contributed by atoms with E-state index in [2.05, 4.69) is 4.98 Å². The first-order valence-corrected chi connectivity index (χ1v) is 11.7. The Kier molecular flexibility index (Phi) is 6.64. The molecule has 174 valence electrons. The fraction of sp³-hybridized carbons (Fsp3) is 0.276. The van der Waals surface area contributed by atoms with E-state index >= 15 is 0 Å². The summed E-state index contributed by atoms with van der Waals surface area (Å²) in [6, 6.07) is 15.7. The van der Waals surface area contributed by atoms with Crippen LogP contribution in [-0.2, 0) is 16.0 Å². The number of pyridine rings is 1. The molecule has 34 heavy (non-hydrogen) atoms. The Morgan fingerprint density at radius 1 is 0.794 bits per heavy atom. The van der Waals surface area contributed by atoms with Crippen molar-refractivity contribution in [2.45, 2.75) is 41.0 Å². The molecule has 2 aromatic carbocycles. The highest BCUT2D eigenvalue weighted by molar-refractivity contribution is 6.45. The van der Waals surface area contributed by atoms with Crippen LogP contribution in [0.2, 0.25) is 0 Å². The summed E-state index contributed by atoms with van der Waals surface area (Å²) < 4.78 is 0. The molecular formula is C29H31N3O2. The van der Waals surface area contributed by atoms with Crippen molar-refractivity contribution in [3.63, 3.8) is 0 Å². The predicted octanol–water partition coefficient (Wildman–Crippen LogP) is 5.16. The first-order chi connectivity index (χ1) is 16.3. The molecule has 0 saturated heterocycles. The number of nitrogens with zero attached hydrogens (tertiary/aromatic N) is 3. The summed E-state index contributed by atoms with van der Waals surface area (Å²) in [5.41, 5.74) is 7.90. The number of hydrogen-bond donors (Lipinski definition) is 0. The number of anilines is 1. The van der Waals surface area contributed by atoms with E-state index in [1.165, 1.54) is 4.90 Å². The summed E-state index contributed by atoms with van der Waals surface area (Å²) in [7, 11) is 0. The van der Waals surface area contributed by atoms with Crippen molar-refractivity contribution >= 4 is 23.1 Å². The Balaban J connectivity index is 1.79. The number of hydrogen-bond acceptors (Lipinski definition) is 4. The van der Waals surface area contributed by atoms with Crippen molar-refractivity contribution in [2.24, 2.45) is 0 Å². The zero-order valence-electron chi connectivity index (χ0n) is 20.6. The topological polar surface area (TPSA) is 53.5 Å². The minimum Gasteiger partial charge on any atom is -0.366 e. The summed E-state index contributed by atoms with van der Waals surface area (Å²) in [5.74, 6) is -0.535. The van der Waals surface area contributed by atoms with Gasteiger partial charge in [-0.1, -0.05) is 24.3 Å². The number of carbonyl (C=O) groups is 2. The molecule has 1 aromatic heterocycles. The monoisotopic (exact) mass is 453 g/mol. The lowest BCUT2D eigenvalue weighted by molar-refractivity contribution is -0.120. The second-order valence-electron chi connectivity index (χ2n) is 8.92. The quantitative estimate of drug-likeness (QED) is 0.464. The van der Waals surface area contributed by atoms with Crippen molar-refractivity contribution in [3.05, 3.63) is 100 Å². The highest BCUT2D eigenvalue weighted by Gasteiger charge is 2.42. The van der Waals surface area contributed by atoms with E-state index in [1.807, 2.05) is 88.0 Å². The minimum absolute atomic E-state index is 0.266. The van der Waals surface area contributed by atoms with Gasteiger partial charge in [-0.3, -0.25) is 14.6 Å².